The van der Waals surface area contributed by atoms with Crippen LogP contribution in [-0.4, -0.2) is 25.7 Å². The van der Waals surface area contributed by atoms with Crippen molar-refractivity contribution in [2.75, 3.05) is 0 Å². The second-order valence-corrected chi connectivity index (χ2v) is 9.05. The van der Waals surface area contributed by atoms with E-state index in [1.165, 1.54) is 0 Å². The Kier molecular flexibility index (Phi) is 5.79. The van der Waals surface area contributed by atoms with Gasteiger partial charge in [-0.25, -0.2) is 9.97 Å². The smallest absolute Gasteiger partial charge is 0.253 e. The van der Waals surface area contributed by atoms with Crippen molar-refractivity contribution in [1.29, 1.82) is 0 Å². The van der Waals surface area contributed by atoms with Gasteiger partial charge in [0.1, 0.15) is 5.52 Å². The van der Waals surface area contributed by atoms with Crippen molar-refractivity contribution in [3.05, 3.63) is 124 Å². The largest absolute Gasteiger partial charge is 0.305 e. The maximum absolute atomic E-state index is 12.9. The molecule has 0 aliphatic rings. The highest BCUT2D eigenvalue weighted by molar-refractivity contribution is 6.35. The molecule has 1 N–H and O–H groups in total. The number of aromatic nitrogens is 4. The van der Waals surface area contributed by atoms with Crippen LogP contribution in [0.25, 0.3) is 44.6 Å². The number of ketones is 1. The number of H-pyrrole nitrogens is 1. The Bertz CT molecular complexity index is 1850. The van der Waals surface area contributed by atoms with Crippen LogP contribution in [0, 0.1) is 0 Å². The van der Waals surface area contributed by atoms with Crippen molar-refractivity contribution in [2.45, 2.75) is 6.42 Å². The van der Waals surface area contributed by atoms with Gasteiger partial charge in [0.25, 0.3) is 5.56 Å². The Labute approximate surface area is 216 Å². The molecule has 0 fully saturated rings. The molecule has 3 heterocycles. The summed E-state index contributed by atoms with van der Waals surface area (Å²) < 4.78 is 0. The lowest BCUT2D eigenvalue weighted by Gasteiger charge is -2.12. The first kappa shape index (κ1) is 22.8. The monoisotopic (exact) mass is 502 g/mol. The van der Waals surface area contributed by atoms with Crippen LogP contribution in [0.3, 0.4) is 0 Å². The highest BCUT2D eigenvalue weighted by atomic mass is 35.5. The zero-order valence-electron chi connectivity index (χ0n) is 19.5. The maximum Gasteiger partial charge on any atom is 0.253 e. The molecule has 0 unspecified atom stereocenters. The molecular formula is C30H19ClN4O2. The van der Waals surface area contributed by atoms with Crippen molar-refractivity contribution in [2.24, 2.45) is 0 Å². The molecule has 3 aromatic heterocycles. The summed E-state index contributed by atoms with van der Waals surface area (Å²) in [5.41, 5.74) is 4.87. The number of fused-ring (bicyclic) bond motifs is 2. The minimum absolute atomic E-state index is 0.0415. The lowest BCUT2D eigenvalue weighted by Crippen LogP contribution is -2.17. The average Bonchev–Trinajstić information content (AvgIpc) is 2.94. The first-order chi connectivity index (χ1) is 18.1. The SMILES string of the molecule is O=C(Cc1cc2nc(-c3cc(Cl)c4ncccc4c3)c(-c3ccccc3)nc2[nH]c1=O)c1ccccc1. The summed E-state index contributed by atoms with van der Waals surface area (Å²) in [5, 5.41) is 1.38. The fraction of sp³-hybridized carbons (Fsp3) is 0.0333. The predicted molar refractivity (Wildman–Crippen MR) is 146 cm³/mol. The minimum atomic E-state index is -0.363. The molecule has 0 atom stereocenters. The van der Waals surface area contributed by atoms with Crippen LogP contribution in [-0.2, 0) is 6.42 Å². The number of halogens is 1. The van der Waals surface area contributed by atoms with E-state index in [1.807, 2.05) is 60.7 Å². The molecule has 0 bridgehead atoms. The fourth-order valence-corrected chi connectivity index (χ4v) is 4.65. The molecule has 178 valence electrons. The van der Waals surface area contributed by atoms with E-state index in [0.29, 0.717) is 44.2 Å². The van der Waals surface area contributed by atoms with Gasteiger partial charge in [0.2, 0.25) is 0 Å². The Morgan fingerprint density at radius 1 is 0.811 bits per heavy atom. The third-order valence-electron chi connectivity index (χ3n) is 6.18. The quantitative estimate of drug-likeness (QED) is 0.280. The molecule has 6 nitrogen and oxygen atoms in total. The van der Waals surface area contributed by atoms with Crippen molar-refractivity contribution < 1.29 is 4.79 Å². The molecule has 37 heavy (non-hydrogen) atoms. The zero-order chi connectivity index (χ0) is 25.4. The number of hydrogen-bond donors (Lipinski definition) is 1. The van der Waals surface area contributed by atoms with E-state index in [4.69, 9.17) is 21.6 Å². The molecule has 0 saturated heterocycles. The second-order valence-electron chi connectivity index (χ2n) is 8.64. The van der Waals surface area contributed by atoms with Crippen LogP contribution < -0.4 is 5.56 Å². The predicted octanol–water partition coefficient (Wildman–Crippen LogP) is 6.28. The molecule has 3 aromatic carbocycles. The highest BCUT2D eigenvalue weighted by Crippen LogP contribution is 2.34. The molecule has 7 heteroatoms. The van der Waals surface area contributed by atoms with E-state index in [0.717, 1.165) is 16.5 Å². The van der Waals surface area contributed by atoms with E-state index in [1.54, 1.807) is 36.5 Å². The number of nitrogens with zero attached hydrogens (tertiary/aromatic N) is 3. The van der Waals surface area contributed by atoms with Crippen LogP contribution in [0.5, 0.6) is 0 Å². The summed E-state index contributed by atoms with van der Waals surface area (Å²) in [4.78, 5) is 42.6. The van der Waals surface area contributed by atoms with Gasteiger partial charge in [-0.2, -0.15) is 0 Å². The summed E-state index contributed by atoms with van der Waals surface area (Å²) in [6, 6.07) is 27.8. The molecule has 0 amide bonds. The Balaban J connectivity index is 1.54. The van der Waals surface area contributed by atoms with Crippen LogP contribution in [0.2, 0.25) is 5.02 Å². The summed E-state index contributed by atoms with van der Waals surface area (Å²) >= 11 is 6.59. The fourth-order valence-electron chi connectivity index (χ4n) is 4.37. The molecular weight excluding hydrogens is 484 g/mol. The number of nitrogens with one attached hydrogen (secondary N) is 1. The molecule has 0 saturated carbocycles. The topological polar surface area (TPSA) is 88.6 Å². The Morgan fingerprint density at radius 3 is 2.32 bits per heavy atom. The van der Waals surface area contributed by atoms with E-state index in [9.17, 15) is 9.59 Å². The maximum atomic E-state index is 12.9. The number of Topliss-reactive ketones (excluding diaryl/α,β-unsaturated/α-hetero) is 1. The standard InChI is InChI=1S/C30H19ClN4O2/c31-23-15-21(14-20-12-7-13-32-26(20)23)28-27(19-10-5-2-6-11-19)34-29-24(33-28)16-22(30(37)35-29)17-25(36)18-8-3-1-4-9-18/h1-16H,17H2,(H,34,35,37). The molecule has 0 aliphatic heterocycles. The Hall–Kier alpha value is -4.68. The molecule has 0 spiro atoms. The van der Waals surface area contributed by atoms with Crippen LogP contribution >= 0.6 is 11.6 Å². The van der Waals surface area contributed by atoms with Crippen molar-refractivity contribution in [3.63, 3.8) is 0 Å². The molecule has 0 aliphatic carbocycles. The molecule has 0 radical (unpaired) electrons. The van der Waals surface area contributed by atoms with Gasteiger partial charge in [-0.1, -0.05) is 78.3 Å². The number of hydrogen-bond acceptors (Lipinski definition) is 5. The third kappa shape index (κ3) is 4.39. The van der Waals surface area contributed by atoms with Crippen LogP contribution in [0.1, 0.15) is 15.9 Å². The second kappa shape index (κ2) is 9.41. The van der Waals surface area contributed by atoms with Gasteiger partial charge in [0, 0.05) is 40.3 Å². The minimum Gasteiger partial charge on any atom is -0.305 e. The number of aromatic amines is 1. The van der Waals surface area contributed by atoms with Gasteiger partial charge in [-0.3, -0.25) is 14.6 Å². The zero-order valence-corrected chi connectivity index (χ0v) is 20.2. The van der Waals surface area contributed by atoms with Crippen LogP contribution in [0.15, 0.2) is 102 Å². The van der Waals surface area contributed by atoms with Gasteiger partial charge in [0.05, 0.1) is 21.9 Å². The number of carbonyl (C=O) groups excluding carboxylic acids is 1. The summed E-state index contributed by atoms with van der Waals surface area (Å²) in [7, 11) is 0. The van der Waals surface area contributed by atoms with E-state index < -0.39 is 0 Å². The molecule has 6 rings (SSSR count). The van der Waals surface area contributed by atoms with Gasteiger partial charge in [-0.15, -0.1) is 0 Å². The number of benzene rings is 3. The van der Waals surface area contributed by atoms with E-state index >= 15 is 0 Å². The lowest BCUT2D eigenvalue weighted by atomic mass is 10.0. The number of carbonyl (C=O) groups is 1. The Morgan fingerprint density at radius 2 is 1.54 bits per heavy atom. The summed E-state index contributed by atoms with van der Waals surface area (Å²) in [6.45, 7) is 0. The van der Waals surface area contributed by atoms with Gasteiger partial charge in [-0.05, 0) is 24.3 Å². The van der Waals surface area contributed by atoms with E-state index in [-0.39, 0.29) is 17.8 Å². The molecule has 6 aromatic rings. The third-order valence-corrected chi connectivity index (χ3v) is 6.47. The van der Waals surface area contributed by atoms with Gasteiger partial charge < -0.3 is 4.98 Å². The first-order valence-corrected chi connectivity index (χ1v) is 12.1. The normalized spacial score (nSPS) is 11.2. The summed E-state index contributed by atoms with van der Waals surface area (Å²) in [5.74, 6) is -0.145. The van der Waals surface area contributed by atoms with E-state index in [2.05, 4.69) is 9.97 Å². The first-order valence-electron chi connectivity index (χ1n) is 11.7. The van der Waals surface area contributed by atoms with Crippen molar-refractivity contribution in [3.8, 4) is 22.5 Å². The van der Waals surface area contributed by atoms with Crippen molar-refractivity contribution in [1.82, 2.24) is 19.9 Å². The van der Waals surface area contributed by atoms with Crippen molar-refractivity contribution >= 4 is 39.5 Å². The van der Waals surface area contributed by atoms with Gasteiger partial charge >= 0.3 is 0 Å². The van der Waals surface area contributed by atoms with Gasteiger partial charge in [0.15, 0.2) is 11.4 Å². The number of pyridine rings is 2. The lowest BCUT2D eigenvalue weighted by molar-refractivity contribution is 0.0992. The summed E-state index contributed by atoms with van der Waals surface area (Å²) in [6.07, 6.45) is 1.66. The average molecular weight is 503 g/mol. The number of rotatable bonds is 5. The highest BCUT2D eigenvalue weighted by Gasteiger charge is 2.18. The van der Waals surface area contributed by atoms with Crippen LogP contribution in [0.4, 0.5) is 0 Å².